The van der Waals surface area contributed by atoms with E-state index in [0.29, 0.717) is 11.6 Å². The molecule has 2 heterocycles. The molecule has 27 heavy (non-hydrogen) atoms. The first-order valence-corrected chi connectivity index (χ1v) is 10.7. The zero-order valence-corrected chi connectivity index (χ0v) is 17.0. The molecule has 6 nitrogen and oxygen atoms in total. The second-order valence-corrected chi connectivity index (χ2v) is 8.57. The number of carbonyl (C=O) groups excluding carboxylic acids is 1. The summed E-state index contributed by atoms with van der Waals surface area (Å²) in [6, 6.07) is 6.08. The fourth-order valence-corrected chi connectivity index (χ4v) is 4.52. The first-order valence-electron chi connectivity index (χ1n) is 9.87. The lowest BCUT2D eigenvalue weighted by molar-refractivity contribution is -0.0368. The van der Waals surface area contributed by atoms with Crippen LogP contribution in [0.25, 0.3) is 10.9 Å². The van der Waals surface area contributed by atoms with Crippen molar-refractivity contribution in [2.24, 2.45) is 5.92 Å². The summed E-state index contributed by atoms with van der Waals surface area (Å²) in [6.45, 7) is 0.975. The number of benzene rings is 1. The van der Waals surface area contributed by atoms with Gasteiger partial charge in [0.05, 0.1) is 5.52 Å². The summed E-state index contributed by atoms with van der Waals surface area (Å²) in [5.74, 6) is 0.248. The molecule has 2 fully saturated rings. The van der Waals surface area contributed by atoms with Gasteiger partial charge in [-0.2, -0.15) is 5.10 Å². The number of aliphatic hydroxyl groups is 1. The van der Waals surface area contributed by atoms with Crippen molar-refractivity contribution in [1.29, 1.82) is 0 Å². The van der Waals surface area contributed by atoms with Crippen LogP contribution in [-0.4, -0.2) is 40.0 Å². The Morgan fingerprint density at radius 1 is 1.26 bits per heavy atom. The smallest absolute Gasteiger partial charge is 0.272 e. The van der Waals surface area contributed by atoms with Gasteiger partial charge in [-0.3, -0.25) is 4.79 Å². The van der Waals surface area contributed by atoms with Crippen molar-refractivity contribution in [3.8, 4) is 0 Å². The average molecular weight is 436 g/mol. The molecule has 4 rings (SSSR count). The Kier molecular flexibility index (Phi) is 5.80. The molecule has 2 aromatic rings. The van der Waals surface area contributed by atoms with E-state index < -0.39 is 0 Å². The highest BCUT2D eigenvalue weighted by Gasteiger charge is 2.27. The second kappa shape index (κ2) is 8.29. The third-order valence-electron chi connectivity index (χ3n) is 5.75. The Morgan fingerprint density at radius 3 is 2.78 bits per heavy atom. The molecule has 1 saturated heterocycles. The number of nitrogens with one attached hydrogen (secondary N) is 1. The summed E-state index contributed by atoms with van der Waals surface area (Å²) in [5, 5.41) is 18.0. The van der Waals surface area contributed by atoms with Gasteiger partial charge < -0.3 is 15.2 Å². The highest BCUT2D eigenvalue weighted by molar-refractivity contribution is 9.10. The van der Waals surface area contributed by atoms with E-state index in [4.69, 9.17) is 4.74 Å². The third kappa shape index (κ3) is 4.05. The second-order valence-electron chi connectivity index (χ2n) is 7.65. The van der Waals surface area contributed by atoms with Gasteiger partial charge in [0.15, 0.2) is 11.9 Å². The Hall–Kier alpha value is -1.44. The molecular formula is C20H26BrN3O3. The number of aromatic nitrogens is 2. The largest absolute Gasteiger partial charge is 0.396 e. The molecule has 146 valence electrons. The molecule has 0 spiro atoms. The maximum absolute atomic E-state index is 13.0. The maximum atomic E-state index is 13.0. The van der Waals surface area contributed by atoms with Gasteiger partial charge in [-0.25, -0.2) is 4.68 Å². The van der Waals surface area contributed by atoms with Gasteiger partial charge in [0, 0.05) is 29.1 Å². The number of amides is 1. The highest BCUT2D eigenvalue weighted by Crippen LogP contribution is 2.30. The lowest BCUT2D eigenvalue weighted by Gasteiger charge is -2.27. The topological polar surface area (TPSA) is 76.4 Å². The van der Waals surface area contributed by atoms with Crippen LogP contribution in [0.1, 0.15) is 61.7 Å². The number of carbonyl (C=O) groups is 1. The third-order valence-corrected chi connectivity index (χ3v) is 6.25. The lowest BCUT2D eigenvalue weighted by atomic mass is 9.86. The van der Waals surface area contributed by atoms with Crippen molar-refractivity contribution in [2.75, 3.05) is 13.2 Å². The van der Waals surface area contributed by atoms with Crippen molar-refractivity contribution >= 4 is 32.7 Å². The summed E-state index contributed by atoms with van der Waals surface area (Å²) in [7, 11) is 0. The van der Waals surface area contributed by atoms with Crippen molar-refractivity contribution in [3.63, 3.8) is 0 Å². The van der Waals surface area contributed by atoms with Crippen LogP contribution in [0.2, 0.25) is 0 Å². The minimum absolute atomic E-state index is 0.107. The molecule has 1 unspecified atom stereocenters. The summed E-state index contributed by atoms with van der Waals surface area (Å²) < 4.78 is 8.70. The van der Waals surface area contributed by atoms with E-state index in [9.17, 15) is 9.90 Å². The van der Waals surface area contributed by atoms with E-state index in [2.05, 4.69) is 26.3 Å². The normalized spacial score (nSPS) is 26.2. The molecule has 2 N–H and O–H groups in total. The van der Waals surface area contributed by atoms with E-state index in [1.165, 1.54) is 0 Å². The Balaban J connectivity index is 1.58. The zero-order valence-electron chi connectivity index (χ0n) is 15.4. The first-order chi connectivity index (χ1) is 13.2. The molecule has 7 heteroatoms. The lowest BCUT2D eigenvalue weighted by Crippen LogP contribution is -2.38. The van der Waals surface area contributed by atoms with Crippen molar-refractivity contribution < 1.29 is 14.6 Å². The summed E-state index contributed by atoms with van der Waals surface area (Å²) in [5.41, 5.74) is 1.39. The standard InChI is InChI=1S/C20H26BrN3O3/c21-14-6-9-17-16(11-14)19(23-24(17)18-3-1-2-10-27-18)20(26)22-15-7-4-13(12-25)5-8-15/h6,9,11,13,15,18,25H,1-5,7-8,10,12H2,(H,22,26)/t13-,15-,18?. The molecule has 0 radical (unpaired) electrons. The molecule has 1 atom stereocenters. The number of fused-ring (bicyclic) bond motifs is 1. The van der Waals surface area contributed by atoms with Crippen molar-refractivity contribution in [2.45, 2.75) is 57.2 Å². The van der Waals surface area contributed by atoms with Crippen LogP contribution in [0.3, 0.4) is 0 Å². The summed E-state index contributed by atoms with van der Waals surface area (Å²) in [4.78, 5) is 13.0. The van der Waals surface area contributed by atoms with Gasteiger partial charge >= 0.3 is 0 Å². The van der Waals surface area contributed by atoms with Crippen LogP contribution >= 0.6 is 15.9 Å². The van der Waals surface area contributed by atoms with E-state index >= 15 is 0 Å². The van der Waals surface area contributed by atoms with E-state index in [0.717, 1.165) is 66.9 Å². The number of ether oxygens (including phenoxy) is 1. The zero-order chi connectivity index (χ0) is 18.8. The van der Waals surface area contributed by atoms with Crippen LogP contribution in [0.4, 0.5) is 0 Å². The van der Waals surface area contributed by atoms with Crippen LogP contribution < -0.4 is 5.32 Å². The van der Waals surface area contributed by atoms with Crippen LogP contribution in [0, 0.1) is 5.92 Å². The molecule has 0 bridgehead atoms. The van der Waals surface area contributed by atoms with Gasteiger partial charge in [-0.05, 0) is 69.1 Å². The van der Waals surface area contributed by atoms with Crippen molar-refractivity contribution in [3.05, 3.63) is 28.4 Å². The maximum Gasteiger partial charge on any atom is 0.272 e. The van der Waals surface area contributed by atoms with Crippen LogP contribution in [-0.2, 0) is 4.74 Å². The van der Waals surface area contributed by atoms with Crippen molar-refractivity contribution in [1.82, 2.24) is 15.1 Å². The first kappa shape index (κ1) is 18.9. The van der Waals surface area contributed by atoms with E-state index in [-0.39, 0.29) is 24.8 Å². The molecule has 2 aliphatic rings. The molecule has 1 aromatic heterocycles. The van der Waals surface area contributed by atoms with Crippen LogP contribution in [0.15, 0.2) is 22.7 Å². The minimum Gasteiger partial charge on any atom is -0.396 e. The monoisotopic (exact) mass is 435 g/mol. The Morgan fingerprint density at radius 2 is 2.07 bits per heavy atom. The number of rotatable bonds is 4. The average Bonchev–Trinajstić information content (AvgIpc) is 3.08. The van der Waals surface area contributed by atoms with Gasteiger partial charge in [0.25, 0.3) is 5.91 Å². The number of hydrogen-bond acceptors (Lipinski definition) is 4. The fourth-order valence-electron chi connectivity index (χ4n) is 4.16. The minimum atomic E-state index is -0.125. The number of hydrogen-bond donors (Lipinski definition) is 2. The Labute approximate surface area is 167 Å². The SMILES string of the molecule is O=C(N[C@H]1CC[C@H](CO)CC1)c1nn(C2CCCCO2)c2ccc(Br)cc12. The number of nitrogens with zero attached hydrogens (tertiary/aromatic N) is 2. The highest BCUT2D eigenvalue weighted by atomic mass is 79.9. The van der Waals surface area contributed by atoms with Crippen LogP contribution in [0.5, 0.6) is 0 Å². The number of halogens is 1. The summed E-state index contributed by atoms with van der Waals surface area (Å²) >= 11 is 3.51. The molecule has 1 aromatic carbocycles. The molecule has 1 aliphatic heterocycles. The number of aliphatic hydroxyl groups excluding tert-OH is 1. The molecule has 1 amide bonds. The Bertz CT molecular complexity index is 808. The molecule has 1 aliphatic carbocycles. The van der Waals surface area contributed by atoms with E-state index in [1.54, 1.807) is 0 Å². The quantitative estimate of drug-likeness (QED) is 0.765. The summed E-state index contributed by atoms with van der Waals surface area (Å²) in [6.07, 6.45) is 6.72. The predicted molar refractivity (Wildman–Crippen MR) is 107 cm³/mol. The predicted octanol–water partition coefficient (Wildman–Crippen LogP) is 3.78. The van der Waals surface area contributed by atoms with Gasteiger partial charge in [0.1, 0.15) is 0 Å². The molecular weight excluding hydrogens is 410 g/mol. The van der Waals surface area contributed by atoms with Gasteiger partial charge in [-0.1, -0.05) is 15.9 Å². The van der Waals surface area contributed by atoms with E-state index in [1.807, 2.05) is 22.9 Å². The molecule has 1 saturated carbocycles. The van der Waals surface area contributed by atoms with Gasteiger partial charge in [-0.15, -0.1) is 0 Å². The van der Waals surface area contributed by atoms with Gasteiger partial charge in [0.2, 0.25) is 0 Å². The fraction of sp³-hybridized carbons (Fsp3) is 0.600.